The normalized spacial score (nSPS) is 15.8. The van der Waals surface area contributed by atoms with Crippen LogP contribution in [0.1, 0.15) is 29.3 Å². The molecule has 1 atom stereocenters. The summed E-state index contributed by atoms with van der Waals surface area (Å²) in [4.78, 5) is 4.21. The Bertz CT molecular complexity index is 1160. The number of hydrogen-bond acceptors (Lipinski definition) is 6. The van der Waals surface area contributed by atoms with Crippen LogP contribution in [0.25, 0.3) is 10.9 Å². The Labute approximate surface area is 172 Å². The fourth-order valence-electron chi connectivity index (χ4n) is 3.66. The number of methoxy groups -OCH3 is 2. The first-order valence-electron chi connectivity index (χ1n) is 9.42. The third-order valence-electron chi connectivity index (χ3n) is 5.20. The average Bonchev–Trinajstić information content (AvgIpc) is 3.39. The van der Waals surface area contributed by atoms with Crippen LogP contribution in [0.4, 0.5) is 14.6 Å². The van der Waals surface area contributed by atoms with Crippen LogP contribution in [-0.2, 0) is 0 Å². The molecule has 0 saturated carbocycles. The molecule has 30 heavy (non-hydrogen) atoms. The lowest BCUT2D eigenvalue weighted by Gasteiger charge is -2.11. The molecule has 3 heterocycles. The Hall–Kier alpha value is -3.38. The Kier molecular flexibility index (Phi) is 5.18. The number of benzene rings is 1. The third kappa shape index (κ3) is 3.19. The first kappa shape index (κ1) is 19.9. The van der Waals surface area contributed by atoms with Crippen molar-refractivity contribution in [3.05, 3.63) is 40.7 Å². The van der Waals surface area contributed by atoms with Gasteiger partial charge in [0.15, 0.2) is 23.1 Å². The van der Waals surface area contributed by atoms with Gasteiger partial charge in [-0.15, -0.1) is 0 Å². The Balaban J connectivity index is 1.92. The van der Waals surface area contributed by atoms with Gasteiger partial charge < -0.3 is 20.5 Å². The van der Waals surface area contributed by atoms with Crippen molar-refractivity contribution in [3.8, 4) is 23.3 Å². The van der Waals surface area contributed by atoms with Crippen LogP contribution in [-0.4, -0.2) is 42.1 Å². The van der Waals surface area contributed by atoms with Gasteiger partial charge in [0.25, 0.3) is 0 Å². The van der Waals surface area contributed by atoms with Crippen LogP contribution >= 0.6 is 0 Å². The SMILES string of the molecule is COc1cc(OC)c(F)c(C#Cc2nn([C@H]3CCNC3)c3c(C)cnc(N)c23)c1F. The molecule has 0 radical (unpaired) electrons. The van der Waals surface area contributed by atoms with Gasteiger partial charge in [0.05, 0.1) is 31.2 Å². The van der Waals surface area contributed by atoms with E-state index in [9.17, 15) is 8.78 Å². The van der Waals surface area contributed by atoms with Crippen molar-refractivity contribution >= 4 is 16.7 Å². The number of anilines is 1. The van der Waals surface area contributed by atoms with Crippen molar-refractivity contribution in [2.24, 2.45) is 0 Å². The Morgan fingerprint density at radius 1 is 1.20 bits per heavy atom. The molecule has 4 rings (SSSR count). The van der Waals surface area contributed by atoms with Crippen molar-refractivity contribution in [2.75, 3.05) is 33.0 Å². The molecule has 3 aromatic rings. The molecule has 3 N–H and O–H groups in total. The summed E-state index contributed by atoms with van der Waals surface area (Å²) in [6.07, 6.45) is 2.59. The largest absolute Gasteiger partial charge is 0.493 e. The first-order valence-corrected chi connectivity index (χ1v) is 9.42. The van der Waals surface area contributed by atoms with E-state index in [2.05, 4.69) is 27.2 Å². The highest BCUT2D eigenvalue weighted by atomic mass is 19.1. The molecular formula is C21H21F2N5O2. The maximum atomic E-state index is 14.7. The number of aromatic nitrogens is 3. The van der Waals surface area contributed by atoms with Crippen LogP contribution in [0, 0.1) is 30.4 Å². The number of rotatable bonds is 3. The van der Waals surface area contributed by atoms with Crippen molar-refractivity contribution in [1.29, 1.82) is 0 Å². The second-order valence-electron chi connectivity index (χ2n) is 7.02. The number of nitrogen functional groups attached to an aromatic ring is 1. The number of halogens is 2. The molecule has 0 unspecified atom stereocenters. The molecule has 0 aliphatic carbocycles. The van der Waals surface area contributed by atoms with E-state index in [0.29, 0.717) is 11.1 Å². The topological polar surface area (TPSA) is 87.2 Å². The number of fused-ring (bicyclic) bond motifs is 1. The lowest BCUT2D eigenvalue weighted by atomic mass is 10.1. The number of hydrogen-bond donors (Lipinski definition) is 2. The van der Waals surface area contributed by atoms with Gasteiger partial charge >= 0.3 is 0 Å². The third-order valence-corrected chi connectivity index (χ3v) is 5.20. The van der Waals surface area contributed by atoms with Crippen LogP contribution in [0.15, 0.2) is 12.3 Å². The second kappa shape index (κ2) is 7.80. The van der Waals surface area contributed by atoms with E-state index in [1.807, 2.05) is 11.6 Å². The average molecular weight is 413 g/mol. The molecule has 1 aliphatic heterocycles. The van der Waals surface area contributed by atoms with Gasteiger partial charge in [0, 0.05) is 18.8 Å². The molecule has 0 spiro atoms. The van der Waals surface area contributed by atoms with Crippen LogP contribution in [0.3, 0.4) is 0 Å². The number of pyridine rings is 1. The van der Waals surface area contributed by atoms with E-state index in [1.54, 1.807) is 6.20 Å². The van der Waals surface area contributed by atoms with E-state index in [1.165, 1.54) is 14.2 Å². The summed E-state index contributed by atoms with van der Waals surface area (Å²) >= 11 is 0. The number of nitrogens with one attached hydrogen (secondary N) is 1. The summed E-state index contributed by atoms with van der Waals surface area (Å²) in [7, 11) is 2.57. The highest BCUT2D eigenvalue weighted by Crippen LogP contribution is 2.32. The van der Waals surface area contributed by atoms with E-state index in [0.717, 1.165) is 36.7 Å². The number of aryl methyl sites for hydroxylation is 1. The highest BCUT2D eigenvalue weighted by molar-refractivity contribution is 5.95. The zero-order valence-corrected chi connectivity index (χ0v) is 16.8. The van der Waals surface area contributed by atoms with Gasteiger partial charge in [-0.1, -0.05) is 5.92 Å². The van der Waals surface area contributed by atoms with Crippen molar-refractivity contribution in [3.63, 3.8) is 0 Å². The zero-order chi connectivity index (χ0) is 21.4. The minimum Gasteiger partial charge on any atom is -0.493 e. The predicted molar refractivity (Wildman–Crippen MR) is 109 cm³/mol. The van der Waals surface area contributed by atoms with E-state index < -0.39 is 17.2 Å². The second-order valence-corrected chi connectivity index (χ2v) is 7.02. The molecule has 9 heteroatoms. The standard InChI is InChI=1S/C21H21F2N5O2/c1-11-9-26-21(24)17-14(27-28(20(11)17)12-6-7-25-10-12)5-4-13-18(22)15(29-2)8-16(30-3)19(13)23/h8-9,12,25H,6-7,10H2,1-3H3,(H2,24,26)/t12-/m0/s1. The lowest BCUT2D eigenvalue weighted by molar-refractivity contribution is 0.357. The van der Waals surface area contributed by atoms with Crippen molar-refractivity contribution in [1.82, 2.24) is 20.1 Å². The monoisotopic (exact) mass is 413 g/mol. The Morgan fingerprint density at radius 3 is 2.50 bits per heavy atom. The van der Waals surface area contributed by atoms with Gasteiger partial charge in [-0.25, -0.2) is 13.8 Å². The fraction of sp³-hybridized carbons (Fsp3) is 0.333. The lowest BCUT2D eigenvalue weighted by Crippen LogP contribution is -2.15. The zero-order valence-electron chi connectivity index (χ0n) is 16.8. The van der Waals surface area contributed by atoms with Crippen LogP contribution < -0.4 is 20.5 Å². The van der Waals surface area contributed by atoms with Crippen molar-refractivity contribution < 1.29 is 18.3 Å². The van der Waals surface area contributed by atoms with Gasteiger partial charge in [0.2, 0.25) is 0 Å². The molecule has 1 fully saturated rings. The highest BCUT2D eigenvalue weighted by Gasteiger charge is 2.24. The van der Waals surface area contributed by atoms with Crippen LogP contribution in [0.2, 0.25) is 0 Å². The molecule has 7 nitrogen and oxygen atoms in total. The fourth-order valence-corrected chi connectivity index (χ4v) is 3.66. The summed E-state index contributed by atoms with van der Waals surface area (Å²) < 4.78 is 41.1. The molecule has 1 saturated heterocycles. The summed E-state index contributed by atoms with van der Waals surface area (Å²) in [5.41, 5.74) is 7.69. The Morgan fingerprint density at radius 2 is 1.90 bits per heavy atom. The maximum Gasteiger partial charge on any atom is 0.183 e. The molecule has 1 aliphatic rings. The molecule has 1 aromatic carbocycles. The molecule has 2 aromatic heterocycles. The smallest absolute Gasteiger partial charge is 0.183 e. The summed E-state index contributed by atoms with van der Waals surface area (Å²) in [6, 6.07) is 1.27. The summed E-state index contributed by atoms with van der Waals surface area (Å²) in [6.45, 7) is 3.56. The summed E-state index contributed by atoms with van der Waals surface area (Å²) in [5, 5.41) is 8.51. The van der Waals surface area contributed by atoms with Crippen LogP contribution in [0.5, 0.6) is 11.5 Å². The minimum atomic E-state index is -0.908. The van der Waals surface area contributed by atoms with Crippen molar-refractivity contribution in [2.45, 2.75) is 19.4 Å². The number of nitrogens with zero attached hydrogens (tertiary/aromatic N) is 3. The van der Waals surface area contributed by atoms with Gasteiger partial charge in [0.1, 0.15) is 17.1 Å². The maximum absolute atomic E-state index is 14.7. The number of ether oxygens (including phenoxy) is 2. The van der Waals surface area contributed by atoms with E-state index in [-0.39, 0.29) is 23.4 Å². The molecular weight excluding hydrogens is 392 g/mol. The molecule has 0 amide bonds. The summed E-state index contributed by atoms with van der Waals surface area (Å²) in [5.74, 6) is 3.46. The van der Waals surface area contributed by atoms with Gasteiger partial charge in [-0.3, -0.25) is 4.68 Å². The van der Waals surface area contributed by atoms with E-state index >= 15 is 0 Å². The van der Waals surface area contributed by atoms with Gasteiger partial charge in [-0.2, -0.15) is 5.10 Å². The minimum absolute atomic E-state index is 0.133. The predicted octanol–water partition coefficient (Wildman–Crippen LogP) is 2.55. The van der Waals surface area contributed by atoms with Gasteiger partial charge in [-0.05, 0) is 31.4 Å². The first-order chi connectivity index (χ1) is 14.5. The quantitative estimate of drug-likeness (QED) is 0.642. The van der Waals surface area contributed by atoms with E-state index in [4.69, 9.17) is 15.2 Å². The molecule has 0 bridgehead atoms. The molecule has 156 valence electrons. The number of nitrogens with two attached hydrogens (primary N) is 1.